The number of hydrogen-bond donors (Lipinski definition) is 2. The highest BCUT2D eigenvalue weighted by Gasteiger charge is 2.32. The molecule has 0 aromatic carbocycles. The van der Waals surface area contributed by atoms with Gasteiger partial charge in [0, 0.05) is 5.75 Å². The van der Waals surface area contributed by atoms with Crippen molar-refractivity contribution in [2.24, 2.45) is 0 Å². The second-order valence-corrected chi connectivity index (χ2v) is 5.38. The van der Waals surface area contributed by atoms with Gasteiger partial charge in [-0.2, -0.15) is 11.8 Å². The van der Waals surface area contributed by atoms with E-state index in [1.807, 2.05) is 6.92 Å². The van der Waals surface area contributed by atoms with E-state index in [1.54, 1.807) is 18.0 Å². The number of carboxylic acids is 1. The summed E-state index contributed by atoms with van der Waals surface area (Å²) < 4.78 is -0.916. The Morgan fingerprint density at radius 2 is 2.27 bits per heavy atom. The van der Waals surface area contributed by atoms with Crippen molar-refractivity contribution in [2.75, 3.05) is 17.8 Å². The third kappa shape index (κ3) is 3.62. The van der Waals surface area contributed by atoms with Crippen molar-refractivity contribution in [1.29, 1.82) is 0 Å². The molecule has 0 rings (SSSR count). The van der Waals surface area contributed by atoms with Gasteiger partial charge in [-0.1, -0.05) is 6.92 Å². The highest BCUT2D eigenvalue weighted by atomic mass is 32.2. The van der Waals surface area contributed by atoms with Crippen LogP contribution in [0.2, 0.25) is 0 Å². The summed E-state index contributed by atoms with van der Waals surface area (Å²) in [4.78, 5) is 10.6. The molecular formula is C6H12O2S3. The van der Waals surface area contributed by atoms with Crippen LogP contribution in [0.5, 0.6) is 0 Å². The maximum Gasteiger partial charge on any atom is 0.330 e. The summed E-state index contributed by atoms with van der Waals surface area (Å²) in [5, 5.41) is 8.75. The average Bonchev–Trinajstić information content (AvgIpc) is 2.00. The van der Waals surface area contributed by atoms with Gasteiger partial charge in [-0.15, -0.1) is 24.4 Å². The summed E-state index contributed by atoms with van der Waals surface area (Å²) in [6.45, 7) is 2.00. The van der Waals surface area contributed by atoms with E-state index >= 15 is 0 Å². The third-order valence-electron chi connectivity index (χ3n) is 1.17. The minimum absolute atomic E-state index is 0.545. The molecule has 0 aliphatic carbocycles. The van der Waals surface area contributed by atoms with Crippen LogP contribution >= 0.6 is 36.2 Å². The van der Waals surface area contributed by atoms with Gasteiger partial charge >= 0.3 is 5.97 Å². The Kier molecular flexibility index (Phi) is 5.46. The molecule has 0 amide bonds. The quantitative estimate of drug-likeness (QED) is 0.538. The zero-order valence-electron chi connectivity index (χ0n) is 6.53. The zero-order valence-corrected chi connectivity index (χ0v) is 9.06. The highest BCUT2D eigenvalue weighted by molar-refractivity contribution is 8.14. The summed E-state index contributed by atoms with van der Waals surface area (Å²) in [6.07, 6.45) is 1.76. The van der Waals surface area contributed by atoms with E-state index in [1.165, 1.54) is 11.8 Å². The van der Waals surface area contributed by atoms with Crippen molar-refractivity contribution in [1.82, 2.24) is 0 Å². The molecule has 5 heteroatoms. The van der Waals surface area contributed by atoms with Gasteiger partial charge in [-0.25, -0.2) is 4.79 Å². The normalized spacial score (nSPS) is 15.9. The summed E-state index contributed by atoms with van der Waals surface area (Å²) in [5.74, 6) is 0.619. The van der Waals surface area contributed by atoms with Gasteiger partial charge in [0.05, 0.1) is 0 Å². The lowest BCUT2D eigenvalue weighted by molar-refractivity contribution is -0.136. The molecule has 1 N–H and O–H groups in total. The molecule has 0 heterocycles. The zero-order chi connectivity index (χ0) is 8.91. The number of aliphatic carboxylic acids is 1. The molecule has 66 valence electrons. The minimum atomic E-state index is -0.916. The van der Waals surface area contributed by atoms with Crippen molar-refractivity contribution in [3.05, 3.63) is 0 Å². The number of carbonyl (C=O) groups is 1. The topological polar surface area (TPSA) is 37.3 Å². The number of hydrogen-bond acceptors (Lipinski definition) is 4. The van der Waals surface area contributed by atoms with Gasteiger partial charge in [0.15, 0.2) is 4.08 Å². The van der Waals surface area contributed by atoms with E-state index in [-0.39, 0.29) is 0 Å². The lowest BCUT2D eigenvalue weighted by Crippen LogP contribution is -2.31. The SMILES string of the molecule is CCSCC(S)(SC)C(=O)O. The molecule has 0 aromatic rings. The van der Waals surface area contributed by atoms with Crippen LogP contribution in [0.4, 0.5) is 0 Å². The Labute approximate surface area is 80.9 Å². The van der Waals surface area contributed by atoms with Gasteiger partial charge in [0.25, 0.3) is 0 Å². The molecule has 0 fully saturated rings. The molecule has 2 nitrogen and oxygen atoms in total. The third-order valence-corrected chi connectivity index (χ3v) is 4.51. The first-order valence-electron chi connectivity index (χ1n) is 3.15. The van der Waals surface area contributed by atoms with Crippen molar-refractivity contribution < 1.29 is 9.90 Å². The summed E-state index contributed by atoms with van der Waals surface area (Å²) in [7, 11) is 0. The Hall–Kier alpha value is 0.520. The van der Waals surface area contributed by atoms with Crippen molar-refractivity contribution >= 4 is 42.1 Å². The Balaban J connectivity index is 3.99. The predicted molar refractivity (Wildman–Crippen MR) is 55.9 cm³/mol. The van der Waals surface area contributed by atoms with Crippen LogP contribution in [0.1, 0.15) is 6.92 Å². The smallest absolute Gasteiger partial charge is 0.330 e. The van der Waals surface area contributed by atoms with Crippen LogP contribution in [0.25, 0.3) is 0 Å². The number of carboxylic acid groups (broad SMARTS) is 1. The second-order valence-electron chi connectivity index (χ2n) is 1.93. The van der Waals surface area contributed by atoms with E-state index in [2.05, 4.69) is 12.6 Å². The molecule has 11 heavy (non-hydrogen) atoms. The fourth-order valence-electron chi connectivity index (χ4n) is 0.448. The summed E-state index contributed by atoms with van der Waals surface area (Å²) in [5.41, 5.74) is 0. The second kappa shape index (κ2) is 5.22. The Bertz CT molecular complexity index is 140. The van der Waals surface area contributed by atoms with Crippen molar-refractivity contribution in [3.8, 4) is 0 Å². The standard InChI is InChI=1S/C6H12O2S3/c1-3-11-4-6(9,10-2)5(7)8/h9H,3-4H2,1-2H3,(H,7,8). The van der Waals surface area contributed by atoms with Gasteiger partial charge < -0.3 is 5.11 Å². The number of rotatable bonds is 5. The van der Waals surface area contributed by atoms with Crippen molar-refractivity contribution in [2.45, 2.75) is 11.0 Å². The molecular weight excluding hydrogens is 200 g/mol. The van der Waals surface area contributed by atoms with E-state index < -0.39 is 10.0 Å². The average molecular weight is 212 g/mol. The first kappa shape index (κ1) is 11.5. The van der Waals surface area contributed by atoms with Crippen LogP contribution in [-0.4, -0.2) is 32.9 Å². The van der Waals surface area contributed by atoms with Crippen LogP contribution in [-0.2, 0) is 4.79 Å². The van der Waals surface area contributed by atoms with E-state index in [4.69, 9.17) is 5.11 Å². The lowest BCUT2D eigenvalue weighted by atomic mass is 10.5. The lowest BCUT2D eigenvalue weighted by Gasteiger charge is -2.19. The Morgan fingerprint density at radius 3 is 2.55 bits per heavy atom. The summed E-state index contributed by atoms with van der Waals surface area (Å²) >= 11 is 6.94. The number of thiol groups is 1. The number of thioether (sulfide) groups is 2. The molecule has 0 aliphatic heterocycles. The van der Waals surface area contributed by atoms with Gasteiger partial charge in [0.1, 0.15) is 0 Å². The molecule has 1 unspecified atom stereocenters. The van der Waals surface area contributed by atoms with Crippen LogP contribution < -0.4 is 0 Å². The van der Waals surface area contributed by atoms with Crippen LogP contribution in [0.3, 0.4) is 0 Å². The maximum atomic E-state index is 10.6. The molecule has 1 atom stereocenters. The monoisotopic (exact) mass is 212 g/mol. The largest absolute Gasteiger partial charge is 0.480 e. The molecule has 0 bridgehead atoms. The Morgan fingerprint density at radius 1 is 1.73 bits per heavy atom. The van der Waals surface area contributed by atoms with Gasteiger partial charge in [0.2, 0.25) is 0 Å². The molecule has 0 aliphatic rings. The van der Waals surface area contributed by atoms with Gasteiger partial charge in [-0.3, -0.25) is 0 Å². The highest BCUT2D eigenvalue weighted by Crippen LogP contribution is 2.31. The first-order chi connectivity index (χ1) is 5.06. The summed E-state index contributed by atoms with van der Waals surface area (Å²) in [6, 6.07) is 0. The van der Waals surface area contributed by atoms with Crippen LogP contribution in [0.15, 0.2) is 0 Å². The molecule has 0 aromatic heterocycles. The molecule has 0 saturated carbocycles. The van der Waals surface area contributed by atoms with E-state index in [0.717, 1.165) is 5.75 Å². The molecule has 0 saturated heterocycles. The van der Waals surface area contributed by atoms with E-state index in [0.29, 0.717) is 5.75 Å². The van der Waals surface area contributed by atoms with Crippen molar-refractivity contribution in [3.63, 3.8) is 0 Å². The fourth-order valence-corrected chi connectivity index (χ4v) is 2.22. The fraction of sp³-hybridized carbons (Fsp3) is 0.833. The van der Waals surface area contributed by atoms with Crippen LogP contribution in [0, 0.1) is 0 Å². The predicted octanol–water partition coefficient (Wildman–Crippen LogP) is 1.81. The molecule has 0 spiro atoms. The molecule has 0 radical (unpaired) electrons. The van der Waals surface area contributed by atoms with E-state index in [9.17, 15) is 4.79 Å². The maximum absolute atomic E-state index is 10.6. The van der Waals surface area contributed by atoms with Gasteiger partial charge in [-0.05, 0) is 12.0 Å². The first-order valence-corrected chi connectivity index (χ1v) is 5.98. The minimum Gasteiger partial charge on any atom is -0.480 e.